The number of benzene rings is 1. The van der Waals surface area contributed by atoms with Gasteiger partial charge in [0.1, 0.15) is 5.75 Å². The van der Waals surface area contributed by atoms with Gasteiger partial charge in [-0.25, -0.2) is 8.42 Å². The molecule has 1 saturated heterocycles. The molecule has 1 aliphatic heterocycles. The molecule has 1 atom stereocenters. The smallest absolute Gasteiger partial charge is 0.260 e. The van der Waals surface area contributed by atoms with Gasteiger partial charge in [0.25, 0.3) is 5.91 Å². The number of amides is 1. The van der Waals surface area contributed by atoms with E-state index >= 15 is 0 Å². The van der Waals surface area contributed by atoms with Crippen molar-refractivity contribution in [3.8, 4) is 5.75 Å². The van der Waals surface area contributed by atoms with Crippen LogP contribution in [0.4, 0.5) is 0 Å². The average molecular weight is 411 g/mol. The summed E-state index contributed by atoms with van der Waals surface area (Å²) < 4.78 is 29.3. The number of carbonyl (C=O) groups is 1. The number of hydrogen-bond acceptors (Lipinski definition) is 4. The van der Waals surface area contributed by atoms with Gasteiger partial charge >= 0.3 is 0 Å². The highest BCUT2D eigenvalue weighted by Gasteiger charge is 2.33. The Kier molecular flexibility index (Phi) is 5.74. The van der Waals surface area contributed by atoms with Gasteiger partial charge in [0, 0.05) is 17.6 Å². The lowest BCUT2D eigenvalue weighted by molar-refractivity contribution is -0.135. The molecule has 0 bridgehead atoms. The fourth-order valence-corrected chi connectivity index (χ4v) is 5.00. The summed E-state index contributed by atoms with van der Waals surface area (Å²) in [4.78, 5) is 13.9. The lowest BCUT2D eigenvalue weighted by Crippen LogP contribution is -2.43. The molecule has 0 N–H and O–H groups in total. The van der Waals surface area contributed by atoms with E-state index in [1.54, 1.807) is 23.1 Å². The van der Waals surface area contributed by atoms with Crippen molar-refractivity contribution in [3.05, 3.63) is 27.7 Å². The Labute approximate surface area is 143 Å². The molecule has 2 rings (SSSR count). The molecule has 1 heterocycles. The van der Waals surface area contributed by atoms with Crippen LogP contribution in [-0.4, -0.2) is 49.9 Å². The molecule has 1 amide bonds. The topological polar surface area (TPSA) is 63.7 Å². The summed E-state index contributed by atoms with van der Waals surface area (Å²) in [5.74, 6) is 0.488. The number of carbonyl (C=O) groups excluding carboxylic acids is 1. The van der Waals surface area contributed by atoms with Crippen molar-refractivity contribution in [2.45, 2.75) is 19.4 Å². The van der Waals surface area contributed by atoms with Crippen molar-refractivity contribution in [2.24, 2.45) is 0 Å². The molecule has 0 aliphatic carbocycles. The van der Waals surface area contributed by atoms with E-state index in [0.717, 1.165) is 0 Å². The lowest BCUT2D eigenvalue weighted by Gasteiger charge is -2.26. The van der Waals surface area contributed by atoms with Crippen LogP contribution in [0.5, 0.6) is 5.75 Å². The molecule has 0 radical (unpaired) electrons. The summed E-state index contributed by atoms with van der Waals surface area (Å²) >= 11 is 9.17. The first kappa shape index (κ1) is 17.6. The molecule has 5 nitrogen and oxygen atoms in total. The Morgan fingerprint density at radius 2 is 2.23 bits per heavy atom. The quantitative estimate of drug-likeness (QED) is 0.748. The second-order valence-electron chi connectivity index (χ2n) is 5.10. The Hall–Kier alpha value is -0.790. The molecule has 0 spiro atoms. The van der Waals surface area contributed by atoms with Gasteiger partial charge in [-0.2, -0.15) is 0 Å². The van der Waals surface area contributed by atoms with Crippen molar-refractivity contribution < 1.29 is 17.9 Å². The van der Waals surface area contributed by atoms with Gasteiger partial charge in [-0.15, -0.1) is 0 Å². The van der Waals surface area contributed by atoms with E-state index in [1.807, 2.05) is 6.92 Å². The molecule has 1 aliphatic rings. The summed E-state index contributed by atoms with van der Waals surface area (Å²) in [6.45, 7) is 2.16. The maximum absolute atomic E-state index is 12.3. The van der Waals surface area contributed by atoms with E-state index < -0.39 is 9.84 Å². The zero-order chi connectivity index (χ0) is 16.3. The average Bonchev–Trinajstić information content (AvgIpc) is 2.78. The number of ether oxygens (including phenoxy) is 1. The summed E-state index contributed by atoms with van der Waals surface area (Å²) in [6, 6.07) is 4.78. The van der Waals surface area contributed by atoms with Crippen LogP contribution in [0.15, 0.2) is 22.7 Å². The monoisotopic (exact) mass is 409 g/mol. The molecule has 0 saturated carbocycles. The highest BCUT2D eigenvalue weighted by molar-refractivity contribution is 9.10. The first-order chi connectivity index (χ1) is 10.3. The third-order valence-electron chi connectivity index (χ3n) is 3.56. The first-order valence-electron chi connectivity index (χ1n) is 6.90. The van der Waals surface area contributed by atoms with Crippen LogP contribution < -0.4 is 4.74 Å². The summed E-state index contributed by atoms with van der Waals surface area (Å²) in [5.41, 5.74) is 0. The maximum Gasteiger partial charge on any atom is 0.260 e. The van der Waals surface area contributed by atoms with Gasteiger partial charge in [0.15, 0.2) is 16.4 Å². The maximum atomic E-state index is 12.3. The molecular weight excluding hydrogens is 394 g/mol. The minimum absolute atomic E-state index is 0.0389. The molecule has 122 valence electrons. The first-order valence-corrected chi connectivity index (χ1v) is 9.89. The van der Waals surface area contributed by atoms with Crippen LogP contribution in [0, 0.1) is 0 Å². The molecular formula is C14H17BrClNO4S. The minimum Gasteiger partial charge on any atom is -0.483 e. The van der Waals surface area contributed by atoms with Crippen LogP contribution in [0.3, 0.4) is 0 Å². The van der Waals surface area contributed by atoms with E-state index in [2.05, 4.69) is 15.9 Å². The zero-order valence-electron chi connectivity index (χ0n) is 12.1. The Morgan fingerprint density at radius 3 is 2.77 bits per heavy atom. The zero-order valence-corrected chi connectivity index (χ0v) is 15.2. The van der Waals surface area contributed by atoms with E-state index in [-0.39, 0.29) is 30.1 Å². The standard InChI is InChI=1S/C14H17BrClNO4S/c1-2-17(11-5-6-22(19,20)9-11)14(18)8-21-13-4-3-10(16)7-12(13)15/h3-4,7,11H,2,5-6,8-9H2,1H3. The van der Waals surface area contributed by atoms with Crippen LogP contribution >= 0.6 is 27.5 Å². The van der Waals surface area contributed by atoms with Crippen LogP contribution in [-0.2, 0) is 14.6 Å². The third kappa shape index (κ3) is 4.36. The Bertz CT molecular complexity index is 665. The number of halogens is 2. The second-order valence-corrected chi connectivity index (χ2v) is 8.62. The van der Waals surface area contributed by atoms with Crippen molar-refractivity contribution in [2.75, 3.05) is 24.7 Å². The lowest BCUT2D eigenvalue weighted by atomic mass is 10.2. The SMILES string of the molecule is CCN(C(=O)COc1ccc(Cl)cc1Br)C1CCS(=O)(=O)C1. The van der Waals surface area contributed by atoms with Gasteiger partial charge in [-0.3, -0.25) is 4.79 Å². The number of sulfone groups is 1. The number of nitrogens with zero attached hydrogens (tertiary/aromatic N) is 1. The summed E-state index contributed by atoms with van der Waals surface area (Å²) in [5, 5.41) is 0.567. The Morgan fingerprint density at radius 1 is 1.50 bits per heavy atom. The second kappa shape index (κ2) is 7.19. The summed E-state index contributed by atoms with van der Waals surface area (Å²) in [7, 11) is -3.02. The van der Waals surface area contributed by atoms with Gasteiger partial charge < -0.3 is 9.64 Å². The molecule has 22 heavy (non-hydrogen) atoms. The van der Waals surface area contributed by atoms with Gasteiger partial charge in [0.05, 0.1) is 16.0 Å². The summed E-state index contributed by atoms with van der Waals surface area (Å²) in [6.07, 6.45) is 0.493. The third-order valence-corrected chi connectivity index (χ3v) is 6.16. The van der Waals surface area contributed by atoms with E-state index in [1.165, 1.54) is 0 Å². The van der Waals surface area contributed by atoms with Gasteiger partial charge in [-0.1, -0.05) is 11.6 Å². The fourth-order valence-electron chi connectivity index (χ4n) is 2.47. The van der Waals surface area contributed by atoms with Crippen molar-refractivity contribution in [1.29, 1.82) is 0 Å². The normalized spacial score (nSPS) is 19.9. The molecule has 1 aromatic carbocycles. The van der Waals surface area contributed by atoms with Crippen molar-refractivity contribution >= 4 is 43.3 Å². The van der Waals surface area contributed by atoms with E-state index in [9.17, 15) is 13.2 Å². The predicted octanol–water partition coefficient (Wildman–Crippen LogP) is 2.52. The molecule has 8 heteroatoms. The van der Waals surface area contributed by atoms with Crippen LogP contribution in [0.25, 0.3) is 0 Å². The highest BCUT2D eigenvalue weighted by Crippen LogP contribution is 2.28. The number of hydrogen-bond donors (Lipinski definition) is 0. The largest absolute Gasteiger partial charge is 0.483 e. The Balaban J connectivity index is 1.98. The number of likely N-dealkylation sites (N-methyl/N-ethyl adjacent to an activating group) is 1. The molecule has 0 aromatic heterocycles. The molecule has 1 unspecified atom stereocenters. The van der Waals surface area contributed by atoms with Crippen LogP contribution in [0.2, 0.25) is 5.02 Å². The highest BCUT2D eigenvalue weighted by atomic mass is 79.9. The van der Waals surface area contributed by atoms with E-state index in [4.69, 9.17) is 16.3 Å². The fraction of sp³-hybridized carbons (Fsp3) is 0.500. The molecule has 1 fully saturated rings. The van der Waals surface area contributed by atoms with Crippen molar-refractivity contribution in [1.82, 2.24) is 4.90 Å². The number of rotatable bonds is 5. The van der Waals surface area contributed by atoms with Gasteiger partial charge in [-0.05, 0) is 47.5 Å². The predicted molar refractivity (Wildman–Crippen MR) is 89.1 cm³/mol. The van der Waals surface area contributed by atoms with Crippen molar-refractivity contribution in [3.63, 3.8) is 0 Å². The molecule has 1 aromatic rings. The van der Waals surface area contributed by atoms with Crippen LogP contribution in [0.1, 0.15) is 13.3 Å². The van der Waals surface area contributed by atoms with E-state index in [0.29, 0.717) is 28.2 Å². The van der Waals surface area contributed by atoms with Gasteiger partial charge in [0.2, 0.25) is 0 Å². The minimum atomic E-state index is -3.02.